The Labute approximate surface area is 203 Å². The Morgan fingerprint density at radius 3 is 2.91 bits per heavy atom. The summed E-state index contributed by atoms with van der Waals surface area (Å²) in [5.74, 6) is 0.719. The molecule has 1 aliphatic carbocycles. The molecule has 1 amide bonds. The molecule has 0 aliphatic heterocycles. The van der Waals surface area contributed by atoms with E-state index in [-0.39, 0.29) is 17.2 Å². The zero-order valence-corrected chi connectivity index (χ0v) is 20.3. The zero-order chi connectivity index (χ0) is 22.8. The summed E-state index contributed by atoms with van der Waals surface area (Å²) in [7, 11) is 0. The van der Waals surface area contributed by atoms with Gasteiger partial charge in [-0.1, -0.05) is 36.7 Å². The quantitative estimate of drug-likeness (QED) is 0.200. The lowest BCUT2D eigenvalue weighted by Gasteiger charge is -2.15. The van der Waals surface area contributed by atoms with Crippen molar-refractivity contribution in [2.75, 3.05) is 11.1 Å². The Hall–Kier alpha value is -2.69. The van der Waals surface area contributed by atoms with Crippen LogP contribution in [0.1, 0.15) is 31.7 Å². The van der Waals surface area contributed by atoms with E-state index in [1.54, 1.807) is 28.2 Å². The SMILES string of the molecule is C=CCn1c(SCC(=O)Nc2ccnn2C2CCCC2)nc2scc(-c3cccs3)c2c1=O. The summed E-state index contributed by atoms with van der Waals surface area (Å²) in [5.41, 5.74) is 0.807. The number of fused-ring (bicyclic) bond motifs is 1. The van der Waals surface area contributed by atoms with Gasteiger partial charge in [-0.25, -0.2) is 9.67 Å². The van der Waals surface area contributed by atoms with E-state index in [0.29, 0.717) is 28.0 Å². The van der Waals surface area contributed by atoms with Crippen molar-refractivity contribution in [3.05, 3.63) is 58.2 Å². The molecular weight excluding hydrogens is 474 g/mol. The fourth-order valence-corrected chi connectivity index (χ4v) is 6.79. The molecule has 0 aromatic carbocycles. The summed E-state index contributed by atoms with van der Waals surface area (Å²) >= 11 is 4.31. The normalized spacial score (nSPS) is 14.2. The van der Waals surface area contributed by atoms with Gasteiger partial charge in [0.25, 0.3) is 5.56 Å². The molecule has 0 atom stereocenters. The van der Waals surface area contributed by atoms with Crippen molar-refractivity contribution in [1.82, 2.24) is 19.3 Å². The number of carbonyl (C=O) groups excluding carboxylic acids is 1. The molecule has 0 bridgehead atoms. The first kappa shape index (κ1) is 22.1. The van der Waals surface area contributed by atoms with Crippen LogP contribution in [0.4, 0.5) is 5.82 Å². The van der Waals surface area contributed by atoms with Gasteiger partial charge in [-0.3, -0.25) is 14.2 Å². The molecule has 33 heavy (non-hydrogen) atoms. The molecule has 5 rings (SSSR count). The maximum Gasteiger partial charge on any atom is 0.263 e. The van der Waals surface area contributed by atoms with Crippen molar-refractivity contribution < 1.29 is 4.79 Å². The average Bonchev–Trinajstić information content (AvgIpc) is 3.60. The summed E-state index contributed by atoms with van der Waals surface area (Å²) in [4.78, 5) is 32.6. The van der Waals surface area contributed by atoms with Crippen LogP contribution in [0.5, 0.6) is 0 Å². The average molecular weight is 498 g/mol. The third-order valence-electron chi connectivity index (χ3n) is 5.70. The van der Waals surface area contributed by atoms with Gasteiger partial charge in [-0.2, -0.15) is 5.10 Å². The summed E-state index contributed by atoms with van der Waals surface area (Å²) in [6.07, 6.45) is 7.96. The zero-order valence-electron chi connectivity index (χ0n) is 17.9. The molecule has 1 aliphatic rings. The molecule has 1 fully saturated rings. The van der Waals surface area contributed by atoms with Crippen molar-refractivity contribution in [1.29, 1.82) is 0 Å². The Balaban J connectivity index is 1.37. The minimum Gasteiger partial charge on any atom is -0.310 e. The predicted octanol–water partition coefficient (Wildman–Crippen LogP) is 5.41. The van der Waals surface area contributed by atoms with Crippen LogP contribution in [-0.4, -0.2) is 31.0 Å². The van der Waals surface area contributed by atoms with Gasteiger partial charge in [0.05, 0.1) is 23.4 Å². The number of amides is 1. The van der Waals surface area contributed by atoms with Crippen LogP contribution < -0.4 is 10.9 Å². The second kappa shape index (κ2) is 9.66. The van der Waals surface area contributed by atoms with Gasteiger partial charge in [0, 0.05) is 28.4 Å². The molecule has 10 heteroatoms. The van der Waals surface area contributed by atoms with Crippen molar-refractivity contribution in [3.8, 4) is 10.4 Å². The summed E-state index contributed by atoms with van der Waals surface area (Å²) in [6, 6.07) is 6.16. The van der Waals surface area contributed by atoms with E-state index in [2.05, 4.69) is 17.0 Å². The van der Waals surface area contributed by atoms with Gasteiger partial charge in [0.1, 0.15) is 10.6 Å². The maximum absolute atomic E-state index is 13.4. The van der Waals surface area contributed by atoms with Crippen LogP contribution in [0.3, 0.4) is 0 Å². The van der Waals surface area contributed by atoms with E-state index in [1.165, 1.54) is 35.9 Å². The highest BCUT2D eigenvalue weighted by molar-refractivity contribution is 7.99. The molecule has 4 aromatic rings. The van der Waals surface area contributed by atoms with Crippen molar-refractivity contribution in [2.24, 2.45) is 0 Å². The lowest BCUT2D eigenvalue weighted by Crippen LogP contribution is -2.24. The van der Waals surface area contributed by atoms with Crippen LogP contribution in [0.15, 0.2) is 57.8 Å². The molecule has 0 spiro atoms. The second-order valence-electron chi connectivity index (χ2n) is 7.84. The van der Waals surface area contributed by atoms with Crippen LogP contribution in [0.2, 0.25) is 0 Å². The highest BCUT2D eigenvalue weighted by Gasteiger charge is 2.21. The molecule has 170 valence electrons. The predicted molar refractivity (Wildman–Crippen MR) is 136 cm³/mol. The number of thiophene rings is 2. The third-order valence-corrected chi connectivity index (χ3v) is 8.45. The number of anilines is 1. The number of nitrogens with one attached hydrogen (secondary N) is 1. The number of thioether (sulfide) groups is 1. The van der Waals surface area contributed by atoms with Gasteiger partial charge < -0.3 is 5.32 Å². The molecule has 1 saturated carbocycles. The van der Waals surface area contributed by atoms with E-state index >= 15 is 0 Å². The first-order valence-corrected chi connectivity index (χ1v) is 13.5. The van der Waals surface area contributed by atoms with Crippen molar-refractivity contribution in [3.63, 3.8) is 0 Å². The monoisotopic (exact) mass is 497 g/mol. The second-order valence-corrected chi connectivity index (χ2v) is 10.6. The standard InChI is InChI=1S/C23H23N5O2S3/c1-2-11-27-22(30)20-16(17-8-5-12-31-17)13-32-21(20)26-23(27)33-14-19(29)25-18-9-10-24-28(18)15-6-3-4-7-15/h2,5,8-10,12-13,15H,1,3-4,6-7,11,14H2,(H,25,29). The van der Waals surface area contributed by atoms with Crippen molar-refractivity contribution in [2.45, 2.75) is 43.4 Å². The first-order chi connectivity index (χ1) is 16.2. The number of hydrogen-bond acceptors (Lipinski definition) is 7. The Bertz CT molecular complexity index is 1350. The topological polar surface area (TPSA) is 81.8 Å². The van der Waals surface area contributed by atoms with Crippen LogP contribution >= 0.6 is 34.4 Å². The van der Waals surface area contributed by atoms with Gasteiger partial charge in [-0.05, 0) is 24.3 Å². The lowest BCUT2D eigenvalue weighted by molar-refractivity contribution is -0.113. The largest absolute Gasteiger partial charge is 0.310 e. The summed E-state index contributed by atoms with van der Waals surface area (Å²) in [6.45, 7) is 4.12. The molecule has 0 unspecified atom stereocenters. The van der Waals surface area contributed by atoms with Crippen LogP contribution in [0, 0.1) is 0 Å². The number of nitrogens with zero attached hydrogens (tertiary/aromatic N) is 4. The van der Waals surface area contributed by atoms with E-state index in [1.807, 2.05) is 33.6 Å². The van der Waals surface area contributed by atoms with E-state index in [9.17, 15) is 9.59 Å². The lowest BCUT2D eigenvalue weighted by atomic mass is 10.2. The minimum atomic E-state index is -0.148. The van der Waals surface area contributed by atoms with E-state index in [0.717, 1.165) is 29.1 Å². The third kappa shape index (κ3) is 4.42. The number of rotatable bonds is 8. The van der Waals surface area contributed by atoms with Crippen LogP contribution in [0.25, 0.3) is 20.7 Å². The van der Waals surface area contributed by atoms with E-state index in [4.69, 9.17) is 4.98 Å². The van der Waals surface area contributed by atoms with Gasteiger partial charge in [0.15, 0.2) is 5.16 Å². The maximum atomic E-state index is 13.4. The van der Waals surface area contributed by atoms with Crippen molar-refractivity contribution >= 4 is 56.4 Å². The van der Waals surface area contributed by atoms with Gasteiger partial charge in [-0.15, -0.1) is 29.3 Å². The number of carbonyl (C=O) groups is 1. The fourth-order valence-electron chi connectivity index (χ4n) is 4.18. The first-order valence-electron chi connectivity index (χ1n) is 10.8. The Kier molecular flexibility index (Phi) is 6.48. The van der Waals surface area contributed by atoms with Gasteiger partial charge >= 0.3 is 0 Å². The highest BCUT2D eigenvalue weighted by Crippen LogP contribution is 2.35. The van der Waals surface area contributed by atoms with Crippen LogP contribution in [-0.2, 0) is 11.3 Å². The molecular formula is C23H23N5O2S3. The molecule has 0 radical (unpaired) electrons. The Morgan fingerprint density at radius 2 is 2.15 bits per heavy atom. The molecule has 4 heterocycles. The number of hydrogen-bond donors (Lipinski definition) is 1. The van der Waals surface area contributed by atoms with Gasteiger partial charge in [0.2, 0.25) is 5.91 Å². The minimum absolute atomic E-state index is 0.105. The molecule has 7 nitrogen and oxygen atoms in total. The number of aromatic nitrogens is 4. The molecule has 1 N–H and O–H groups in total. The smallest absolute Gasteiger partial charge is 0.263 e. The highest BCUT2D eigenvalue weighted by atomic mass is 32.2. The summed E-state index contributed by atoms with van der Waals surface area (Å²) in [5, 5.41) is 12.5. The Morgan fingerprint density at radius 1 is 1.30 bits per heavy atom. The van der Waals surface area contributed by atoms with E-state index < -0.39 is 0 Å². The number of allylic oxidation sites excluding steroid dienone is 1. The summed E-state index contributed by atoms with van der Waals surface area (Å²) < 4.78 is 3.52. The fraction of sp³-hybridized carbons (Fsp3) is 0.304. The molecule has 4 aromatic heterocycles. The molecule has 0 saturated heterocycles.